The number of hydrogen-bond acceptors (Lipinski definition) is 4. The minimum atomic E-state index is -4.87. The Balaban J connectivity index is 3.18. The average Bonchev–Trinajstić information content (AvgIpc) is 2.20. The Morgan fingerprint density at radius 1 is 1.53 bits per heavy atom. The molecule has 0 unspecified atom stereocenters. The molecule has 0 aliphatic rings. The molecule has 4 nitrogen and oxygen atoms in total. The second kappa shape index (κ2) is 5.23. The summed E-state index contributed by atoms with van der Waals surface area (Å²) in [5, 5.41) is 17.9. The standard InChI is InChI=1S/C9H6BrF3N2O2/c10-4-5-3-7(16)6(1-2-14)15-8(5)17-9(11,12)13/h3,16H,1,4H2. The Labute approximate surface area is 103 Å². The number of aromatic nitrogens is 1. The Hall–Kier alpha value is -1.49. The summed E-state index contributed by atoms with van der Waals surface area (Å²) in [5.74, 6) is -1.01. The molecule has 0 fully saturated rings. The topological polar surface area (TPSA) is 66.1 Å². The Morgan fingerprint density at radius 2 is 2.18 bits per heavy atom. The molecular weight excluding hydrogens is 305 g/mol. The second-order valence-corrected chi connectivity index (χ2v) is 3.50. The lowest BCUT2D eigenvalue weighted by Gasteiger charge is -2.12. The first kappa shape index (κ1) is 13.6. The van der Waals surface area contributed by atoms with Gasteiger partial charge in [-0.3, -0.25) is 0 Å². The molecule has 0 aromatic carbocycles. The number of pyridine rings is 1. The Bertz CT molecular complexity index is 457. The first-order valence-corrected chi connectivity index (χ1v) is 5.40. The van der Waals surface area contributed by atoms with E-state index in [1.807, 2.05) is 0 Å². The lowest BCUT2D eigenvalue weighted by Crippen LogP contribution is -2.19. The molecule has 8 heteroatoms. The van der Waals surface area contributed by atoms with Gasteiger partial charge in [-0.25, -0.2) is 4.98 Å². The third kappa shape index (κ3) is 3.78. The number of nitrogens with zero attached hydrogens (tertiary/aromatic N) is 2. The van der Waals surface area contributed by atoms with E-state index in [-0.39, 0.29) is 28.8 Å². The molecule has 0 aliphatic carbocycles. The summed E-state index contributed by atoms with van der Waals surface area (Å²) in [4.78, 5) is 3.47. The molecule has 0 atom stereocenters. The van der Waals surface area contributed by atoms with E-state index in [1.54, 1.807) is 6.07 Å². The van der Waals surface area contributed by atoms with Gasteiger partial charge in [0, 0.05) is 10.9 Å². The molecule has 17 heavy (non-hydrogen) atoms. The number of ether oxygens (including phenoxy) is 1. The normalized spacial score (nSPS) is 11.0. The molecule has 0 saturated carbocycles. The highest BCUT2D eigenvalue weighted by molar-refractivity contribution is 9.08. The van der Waals surface area contributed by atoms with Crippen molar-refractivity contribution >= 4 is 15.9 Å². The molecular formula is C9H6BrF3N2O2. The van der Waals surface area contributed by atoms with Gasteiger partial charge in [-0.05, 0) is 6.07 Å². The van der Waals surface area contributed by atoms with Crippen LogP contribution in [0, 0.1) is 11.3 Å². The van der Waals surface area contributed by atoms with Crippen LogP contribution in [-0.2, 0) is 11.8 Å². The Kier molecular flexibility index (Phi) is 4.17. The van der Waals surface area contributed by atoms with E-state index in [1.165, 1.54) is 0 Å². The molecule has 0 spiro atoms. The van der Waals surface area contributed by atoms with E-state index in [0.29, 0.717) is 0 Å². The molecule has 1 N–H and O–H groups in total. The van der Waals surface area contributed by atoms with Crippen LogP contribution in [0.15, 0.2) is 6.07 Å². The monoisotopic (exact) mass is 310 g/mol. The highest BCUT2D eigenvalue weighted by Gasteiger charge is 2.33. The van der Waals surface area contributed by atoms with Crippen molar-refractivity contribution in [2.45, 2.75) is 18.1 Å². The maximum Gasteiger partial charge on any atom is 0.574 e. The van der Waals surface area contributed by atoms with Crippen molar-refractivity contribution in [3.63, 3.8) is 0 Å². The zero-order chi connectivity index (χ0) is 13.1. The Morgan fingerprint density at radius 3 is 2.65 bits per heavy atom. The summed E-state index contributed by atoms with van der Waals surface area (Å²) in [7, 11) is 0. The van der Waals surface area contributed by atoms with Crippen LogP contribution in [0.25, 0.3) is 0 Å². The smallest absolute Gasteiger partial charge is 0.506 e. The summed E-state index contributed by atoms with van der Waals surface area (Å²) in [6, 6.07) is 2.76. The first-order chi connectivity index (χ1) is 7.87. The SMILES string of the molecule is N#CCc1nc(OC(F)(F)F)c(CBr)cc1O. The highest BCUT2D eigenvalue weighted by Crippen LogP contribution is 2.30. The largest absolute Gasteiger partial charge is 0.574 e. The number of alkyl halides is 4. The maximum absolute atomic E-state index is 12.1. The van der Waals surface area contributed by atoms with Gasteiger partial charge < -0.3 is 9.84 Å². The maximum atomic E-state index is 12.1. The van der Waals surface area contributed by atoms with Crippen molar-refractivity contribution in [1.82, 2.24) is 4.98 Å². The van der Waals surface area contributed by atoms with Crippen LogP contribution in [0.2, 0.25) is 0 Å². The van der Waals surface area contributed by atoms with E-state index in [2.05, 4.69) is 25.7 Å². The molecule has 0 amide bonds. The van der Waals surface area contributed by atoms with Crippen LogP contribution in [0.1, 0.15) is 11.3 Å². The number of rotatable bonds is 3. The molecule has 0 saturated heterocycles. The quantitative estimate of drug-likeness (QED) is 0.872. The lowest BCUT2D eigenvalue weighted by atomic mass is 10.2. The molecule has 1 aromatic rings. The van der Waals surface area contributed by atoms with Crippen molar-refractivity contribution < 1.29 is 23.0 Å². The van der Waals surface area contributed by atoms with E-state index in [4.69, 9.17) is 5.26 Å². The van der Waals surface area contributed by atoms with Gasteiger partial charge >= 0.3 is 6.36 Å². The van der Waals surface area contributed by atoms with Gasteiger partial charge in [0.15, 0.2) is 0 Å². The minimum absolute atomic E-state index is 0.0335. The van der Waals surface area contributed by atoms with Crippen LogP contribution in [0.3, 0.4) is 0 Å². The number of halogens is 4. The predicted octanol–water partition coefficient (Wildman–Crippen LogP) is 2.65. The molecule has 92 valence electrons. The molecule has 0 bridgehead atoms. The summed E-state index contributed by atoms with van der Waals surface area (Å²) in [6.45, 7) is 0. The van der Waals surface area contributed by atoms with E-state index in [0.717, 1.165) is 6.07 Å². The van der Waals surface area contributed by atoms with E-state index < -0.39 is 12.2 Å². The molecule has 0 radical (unpaired) electrons. The van der Waals surface area contributed by atoms with Gasteiger partial charge in [0.25, 0.3) is 0 Å². The molecule has 1 aromatic heterocycles. The van der Waals surface area contributed by atoms with Crippen molar-refractivity contribution in [1.29, 1.82) is 5.26 Å². The number of nitriles is 1. The molecule has 1 heterocycles. The summed E-state index contributed by atoms with van der Waals surface area (Å²) < 4.78 is 39.9. The summed E-state index contributed by atoms with van der Waals surface area (Å²) >= 11 is 2.95. The zero-order valence-electron chi connectivity index (χ0n) is 8.25. The van der Waals surface area contributed by atoms with Gasteiger partial charge in [0.1, 0.15) is 11.4 Å². The van der Waals surface area contributed by atoms with Gasteiger partial charge in [-0.1, -0.05) is 15.9 Å². The van der Waals surface area contributed by atoms with Gasteiger partial charge in [0.05, 0.1) is 12.5 Å². The third-order valence-electron chi connectivity index (χ3n) is 1.72. The van der Waals surface area contributed by atoms with Crippen LogP contribution < -0.4 is 4.74 Å². The molecule has 0 aliphatic heterocycles. The van der Waals surface area contributed by atoms with E-state index in [9.17, 15) is 18.3 Å². The fourth-order valence-electron chi connectivity index (χ4n) is 1.06. The van der Waals surface area contributed by atoms with Crippen molar-refractivity contribution in [3.8, 4) is 17.7 Å². The second-order valence-electron chi connectivity index (χ2n) is 2.93. The summed E-state index contributed by atoms with van der Waals surface area (Å²) in [6.07, 6.45) is -5.17. The van der Waals surface area contributed by atoms with Crippen LogP contribution >= 0.6 is 15.9 Å². The fourth-order valence-corrected chi connectivity index (χ4v) is 1.46. The van der Waals surface area contributed by atoms with Gasteiger partial charge in [-0.2, -0.15) is 5.26 Å². The summed E-state index contributed by atoms with van der Waals surface area (Å²) in [5.41, 5.74) is -0.113. The predicted molar refractivity (Wildman–Crippen MR) is 54.5 cm³/mol. The van der Waals surface area contributed by atoms with Crippen molar-refractivity contribution in [2.24, 2.45) is 0 Å². The number of hydrogen-bond donors (Lipinski definition) is 1. The van der Waals surface area contributed by atoms with Crippen LogP contribution in [0.4, 0.5) is 13.2 Å². The van der Waals surface area contributed by atoms with Crippen LogP contribution in [-0.4, -0.2) is 16.5 Å². The van der Waals surface area contributed by atoms with Crippen LogP contribution in [0.5, 0.6) is 11.6 Å². The third-order valence-corrected chi connectivity index (χ3v) is 2.32. The molecule has 1 rings (SSSR count). The zero-order valence-corrected chi connectivity index (χ0v) is 9.84. The highest BCUT2D eigenvalue weighted by atomic mass is 79.9. The van der Waals surface area contributed by atoms with Crippen molar-refractivity contribution in [3.05, 3.63) is 17.3 Å². The average molecular weight is 311 g/mol. The minimum Gasteiger partial charge on any atom is -0.506 e. The van der Waals surface area contributed by atoms with Gasteiger partial charge in [0.2, 0.25) is 5.88 Å². The number of aromatic hydroxyl groups is 1. The first-order valence-electron chi connectivity index (χ1n) is 4.27. The lowest BCUT2D eigenvalue weighted by molar-refractivity contribution is -0.276. The van der Waals surface area contributed by atoms with E-state index >= 15 is 0 Å². The fraction of sp³-hybridized carbons (Fsp3) is 0.333. The van der Waals surface area contributed by atoms with Gasteiger partial charge in [-0.15, -0.1) is 13.2 Å². The van der Waals surface area contributed by atoms with Crippen molar-refractivity contribution in [2.75, 3.05) is 0 Å².